The maximum absolute atomic E-state index is 5.74. The van der Waals surface area contributed by atoms with E-state index in [4.69, 9.17) is 13.9 Å². The van der Waals surface area contributed by atoms with Gasteiger partial charge in [-0.15, -0.1) is 10.2 Å². The number of hydrogen-bond acceptors (Lipinski definition) is 6. The Bertz CT molecular complexity index is 828. The highest BCUT2D eigenvalue weighted by Crippen LogP contribution is 2.27. The second-order valence-corrected chi connectivity index (χ2v) is 6.64. The monoisotopic (exact) mass is 356 g/mol. The maximum atomic E-state index is 5.74. The molecule has 0 aliphatic rings. The smallest absolute Gasteiger partial charge is 0.276 e. The Morgan fingerprint density at radius 1 is 1.00 bits per heavy atom. The van der Waals surface area contributed by atoms with Crippen LogP contribution in [-0.2, 0) is 0 Å². The standard InChI is InChI=1S/C19H20N2O3S/c1-13-10-14(2)12-15(11-13)18-20-21-19(24-18)25-9-8-23-17-7-5-4-6-16(17)22-3/h4-7,10-12H,8-9H2,1-3H3. The molecule has 130 valence electrons. The van der Waals surface area contributed by atoms with Crippen LogP contribution in [-0.4, -0.2) is 29.7 Å². The Morgan fingerprint density at radius 3 is 2.44 bits per heavy atom. The van der Waals surface area contributed by atoms with Crippen molar-refractivity contribution in [2.24, 2.45) is 0 Å². The third-order valence-electron chi connectivity index (χ3n) is 3.51. The van der Waals surface area contributed by atoms with Crippen LogP contribution in [0.5, 0.6) is 11.5 Å². The van der Waals surface area contributed by atoms with Gasteiger partial charge in [0.05, 0.1) is 13.7 Å². The van der Waals surface area contributed by atoms with Crippen LogP contribution in [0.25, 0.3) is 11.5 Å². The van der Waals surface area contributed by atoms with Gasteiger partial charge in [0.15, 0.2) is 11.5 Å². The average Bonchev–Trinajstić information content (AvgIpc) is 3.07. The minimum atomic E-state index is 0.520. The summed E-state index contributed by atoms with van der Waals surface area (Å²) in [5.74, 6) is 2.70. The Balaban J connectivity index is 1.55. The molecule has 3 aromatic rings. The Labute approximate surface area is 151 Å². The molecule has 2 aromatic carbocycles. The van der Waals surface area contributed by atoms with Gasteiger partial charge in [-0.05, 0) is 38.1 Å². The molecule has 0 spiro atoms. The fourth-order valence-corrected chi connectivity index (χ4v) is 3.08. The minimum absolute atomic E-state index is 0.520. The van der Waals surface area contributed by atoms with Crippen LogP contribution in [0.15, 0.2) is 52.1 Å². The number of rotatable bonds is 7. The molecular weight excluding hydrogens is 336 g/mol. The van der Waals surface area contributed by atoms with Crippen molar-refractivity contribution in [3.63, 3.8) is 0 Å². The van der Waals surface area contributed by atoms with Gasteiger partial charge in [-0.2, -0.15) is 0 Å². The number of para-hydroxylation sites is 2. The maximum Gasteiger partial charge on any atom is 0.276 e. The van der Waals surface area contributed by atoms with Crippen molar-refractivity contribution >= 4 is 11.8 Å². The van der Waals surface area contributed by atoms with E-state index in [0.29, 0.717) is 23.5 Å². The van der Waals surface area contributed by atoms with Crippen LogP contribution in [0.4, 0.5) is 0 Å². The van der Waals surface area contributed by atoms with Gasteiger partial charge in [-0.3, -0.25) is 0 Å². The van der Waals surface area contributed by atoms with E-state index in [9.17, 15) is 0 Å². The summed E-state index contributed by atoms with van der Waals surface area (Å²) in [6.07, 6.45) is 0. The van der Waals surface area contributed by atoms with Crippen molar-refractivity contribution in [1.82, 2.24) is 10.2 Å². The summed E-state index contributed by atoms with van der Waals surface area (Å²) in [6, 6.07) is 13.8. The number of ether oxygens (including phenoxy) is 2. The summed E-state index contributed by atoms with van der Waals surface area (Å²) in [5, 5.41) is 8.77. The lowest BCUT2D eigenvalue weighted by Crippen LogP contribution is -2.01. The zero-order chi connectivity index (χ0) is 17.6. The lowest BCUT2D eigenvalue weighted by molar-refractivity contribution is 0.313. The number of aromatic nitrogens is 2. The van der Waals surface area contributed by atoms with Crippen molar-refractivity contribution in [2.45, 2.75) is 19.1 Å². The highest BCUT2D eigenvalue weighted by molar-refractivity contribution is 7.99. The summed E-state index contributed by atoms with van der Waals surface area (Å²) in [5.41, 5.74) is 3.29. The molecule has 0 amide bonds. The van der Waals surface area contributed by atoms with Crippen molar-refractivity contribution in [3.8, 4) is 23.0 Å². The van der Waals surface area contributed by atoms with Gasteiger partial charge >= 0.3 is 0 Å². The summed E-state index contributed by atoms with van der Waals surface area (Å²) in [4.78, 5) is 0. The van der Waals surface area contributed by atoms with Gasteiger partial charge in [0.25, 0.3) is 5.22 Å². The van der Waals surface area contributed by atoms with E-state index in [1.54, 1.807) is 7.11 Å². The van der Waals surface area contributed by atoms with Gasteiger partial charge in [0.1, 0.15) is 0 Å². The Kier molecular flexibility index (Phi) is 5.60. The molecule has 0 saturated heterocycles. The van der Waals surface area contributed by atoms with Crippen LogP contribution in [0.2, 0.25) is 0 Å². The first-order chi connectivity index (χ1) is 12.2. The predicted molar refractivity (Wildman–Crippen MR) is 98.4 cm³/mol. The minimum Gasteiger partial charge on any atom is -0.493 e. The third-order valence-corrected chi connectivity index (χ3v) is 4.29. The number of hydrogen-bond donors (Lipinski definition) is 0. The number of nitrogens with zero attached hydrogens (tertiary/aromatic N) is 2. The summed E-state index contributed by atoms with van der Waals surface area (Å²) in [7, 11) is 1.63. The molecule has 0 fully saturated rings. The molecule has 0 radical (unpaired) electrons. The molecule has 3 rings (SSSR count). The van der Waals surface area contributed by atoms with E-state index in [1.165, 1.54) is 22.9 Å². The van der Waals surface area contributed by atoms with Gasteiger partial charge in [0.2, 0.25) is 5.89 Å². The summed E-state index contributed by atoms with van der Waals surface area (Å²) < 4.78 is 16.7. The summed E-state index contributed by atoms with van der Waals surface area (Å²) >= 11 is 1.47. The zero-order valence-electron chi connectivity index (χ0n) is 14.5. The fourth-order valence-electron chi connectivity index (χ4n) is 2.50. The van der Waals surface area contributed by atoms with Crippen LogP contribution in [0.1, 0.15) is 11.1 Å². The Morgan fingerprint density at radius 2 is 1.72 bits per heavy atom. The van der Waals surface area contributed by atoms with E-state index in [2.05, 4.69) is 30.1 Å². The van der Waals surface area contributed by atoms with Gasteiger partial charge < -0.3 is 13.9 Å². The first kappa shape index (κ1) is 17.4. The summed E-state index contributed by atoms with van der Waals surface area (Å²) in [6.45, 7) is 4.63. The predicted octanol–water partition coefficient (Wildman–Crippen LogP) is 4.53. The van der Waals surface area contributed by atoms with E-state index in [-0.39, 0.29) is 0 Å². The average molecular weight is 356 g/mol. The van der Waals surface area contributed by atoms with E-state index in [1.807, 2.05) is 36.4 Å². The molecule has 0 aliphatic heterocycles. The van der Waals surface area contributed by atoms with Gasteiger partial charge in [-0.1, -0.05) is 41.1 Å². The van der Waals surface area contributed by atoms with Gasteiger partial charge in [0, 0.05) is 11.3 Å². The molecular formula is C19H20N2O3S. The largest absolute Gasteiger partial charge is 0.493 e. The fraction of sp³-hybridized carbons (Fsp3) is 0.263. The van der Waals surface area contributed by atoms with E-state index >= 15 is 0 Å². The highest BCUT2D eigenvalue weighted by Gasteiger charge is 2.10. The molecule has 0 saturated carbocycles. The highest BCUT2D eigenvalue weighted by atomic mass is 32.2. The lowest BCUT2D eigenvalue weighted by Gasteiger charge is -2.09. The Hall–Kier alpha value is -2.47. The number of benzene rings is 2. The van der Waals surface area contributed by atoms with Crippen LogP contribution < -0.4 is 9.47 Å². The SMILES string of the molecule is COc1ccccc1OCCSc1nnc(-c2cc(C)cc(C)c2)o1. The van der Waals surface area contributed by atoms with Gasteiger partial charge in [-0.25, -0.2) is 0 Å². The van der Waals surface area contributed by atoms with Crippen LogP contribution in [0, 0.1) is 13.8 Å². The molecule has 0 bridgehead atoms. The second kappa shape index (κ2) is 8.07. The van der Waals surface area contributed by atoms with E-state index < -0.39 is 0 Å². The third kappa shape index (κ3) is 4.54. The van der Waals surface area contributed by atoms with Crippen LogP contribution >= 0.6 is 11.8 Å². The molecule has 0 unspecified atom stereocenters. The molecule has 25 heavy (non-hydrogen) atoms. The molecule has 0 atom stereocenters. The van der Waals surface area contributed by atoms with E-state index in [0.717, 1.165) is 17.1 Å². The second-order valence-electron chi connectivity index (χ2n) is 5.60. The molecule has 5 nitrogen and oxygen atoms in total. The first-order valence-electron chi connectivity index (χ1n) is 7.96. The van der Waals surface area contributed by atoms with Crippen LogP contribution in [0.3, 0.4) is 0 Å². The van der Waals surface area contributed by atoms with Crippen molar-refractivity contribution in [2.75, 3.05) is 19.5 Å². The number of aryl methyl sites for hydroxylation is 2. The normalized spacial score (nSPS) is 10.7. The van der Waals surface area contributed by atoms with Crippen molar-refractivity contribution in [3.05, 3.63) is 53.6 Å². The molecule has 1 heterocycles. The van der Waals surface area contributed by atoms with Crippen molar-refractivity contribution in [1.29, 1.82) is 0 Å². The zero-order valence-corrected chi connectivity index (χ0v) is 15.3. The van der Waals surface area contributed by atoms with Crippen molar-refractivity contribution < 1.29 is 13.9 Å². The molecule has 6 heteroatoms. The quantitative estimate of drug-likeness (QED) is 0.458. The molecule has 1 aromatic heterocycles. The number of thioether (sulfide) groups is 1. The lowest BCUT2D eigenvalue weighted by atomic mass is 10.1. The topological polar surface area (TPSA) is 57.4 Å². The molecule has 0 N–H and O–H groups in total. The first-order valence-corrected chi connectivity index (χ1v) is 8.95. The number of methoxy groups -OCH3 is 1. The molecule has 0 aliphatic carbocycles.